The minimum Gasteiger partial charge on any atom is -0.326 e. The smallest absolute Gasteiger partial charge is 0.0217 e. The molecule has 1 saturated heterocycles. The Morgan fingerprint density at radius 2 is 1.56 bits per heavy atom. The number of piperazine rings is 1. The van der Waals surface area contributed by atoms with Gasteiger partial charge in [-0.1, -0.05) is 20.8 Å². The van der Waals surface area contributed by atoms with Crippen molar-refractivity contribution in [2.24, 2.45) is 11.1 Å². The maximum atomic E-state index is 6.25. The topological polar surface area (TPSA) is 35.7 Å². The molecule has 0 aromatic rings. The molecule has 0 saturated carbocycles. The van der Waals surface area contributed by atoms with Gasteiger partial charge >= 0.3 is 0 Å². The number of nitrogens with two attached hydrogens (primary N) is 1. The number of rotatable bonds is 5. The van der Waals surface area contributed by atoms with Gasteiger partial charge in [-0.25, -0.2) is 0 Å². The van der Waals surface area contributed by atoms with E-state index >= 15 is 0 Å². The van der Waals surface area contributed by atoms with E-state index in [2.05, 4.69) is 49.6 Å². The van der Waals surface area contributed by atoms with Crippen LogP contribution in [-0.4, -0.2) is 80.7 Å². The molecule has 18 heavy (non-hydrogen) atoms. The zero-order valence-corrected chi connectivity index (χ0v) is 12.9. The van der Waals surface area contributed by atoms with Crippen LogP contribution < -0.4 is 5.73 Å². The Bertz CT molecular complexity index is 226. The van der Waals surface area contributed by atoms with Gasteiger partial charge in [0.15, 0.2) is 0 Å². The van der Waals surface area contributed by atoms with Gasteiger partial charge < -0.3 is 10.6 Å². The predicted octanol–water partition coefficient (Wildman–Crippen LogP) is 0.539. The van der Waals surface area contributed by atoms with E-state index in [9.17, 15) is 0 Å². The summed E-state index contributed by atoms with van der Waals surface area (Å²) in [6.45, 7) is 14.8. The Morgan fingerprint density at radius 3 is 2.00 bits per heavy atom. The lowest BCUT2D eigenvalue weighted by Gasteiger charge is -2.38. The molecule has 2 N–H and O–H groups in total. The van der Waals surface area contributed by atoms with Gasteiger partial charge in [0.25, 0.3) is 0 Å². The molecule has 1 rings (SSSR count). The normalized spacial score (nSPS) is 21.5. The molecule has 0 radical (unpaired) electrons. The second kappa shape index (κ2) is 6.85. The molecule has 0 aromatic heterocycles. The highest BCUT2D eigenvalue weighted by atomic mass is 15.3. The molecule has 0 bridgehead atoms. The quantitative estimate of drug-likeness (QED) is 0.779. The largest absolute Gasteiger partial charge is 0.326 e. The number of hydrogen-bond donors (Lipinski definition) is 1. The molecule has 0 unspecified atom stereocenters. The van der Waals surface area contributed by atoms with Crippen LogP contribution in [0.4, 0.5) is 0 Å². The molecular formula is C14H32N4. The minimum atomic E-state index is 0.210. The molecule has 1 aliphatic rings. The van der Waals surface area contributed by atoms with Crippen LogP contribution >= 0.6 is 0 Å². The van der Waals surface area contributed by atoms with Crippen LogP contribution in [0.5, 0.6) is 0 Å². The lowest BCUT2D eigenvalue weighted by molar-refractivity contribution is 0.107. The number of hydrogen-bond acceptors (Lipinski definition) is 4. The fourth-order valence-corrected chi connectivity index (χ4v) is 2.09. The molecule has 1 heterocycles. The van der Waals surface area contributed by atoms with Crippen molar-refractivity contribution in [3.63, 3.8) is 0 Å². The highest BCUT2D eigenvalue weighted by Crippen LogP contribution is 2.18. The second-order valence-corrected chi connectivity index (χ2v) is 6.92. The third-order valence-electron chi connectivity index (χ3n) is 3.90. The summed E-state index contributed by atoms with van der Waals surface area (Å²) in [6.07, 6.45) is 0. The Morgan fingerprint density at radius 1 is 1.06 bits per heavy atom. The highest BCUT2D eigenvalue weighted by molar-refractivity contribution is 4.82. The summed E-state index contributed by atoms with van der Waals surface area (Å²) in [5.41, 5.74) is 6.46. The van der Waals surface area contributed by atoms with Crippen molar-refractivity contribution in [1.29, 1.82) is 0 Å². The standard InChI is InChI=1S/C14H32N4/c1-14(2,3)13(15)12-18-10-8-17(9-11-18)7-6-16(4)5/h13H,6-12,15H2,1-5H3/t13-/m0/s1. The number of likely N-dealkylation sites (N-methyl/N-ethyl adjacent to an activating group) is 1. The lowest BCUT2D eigenvalue weighted by Crippen LogP contribution is -2.53. The van der Waals surface area contributed by atoms with E-state index in [-0.39, 0.29) is 11.5 Å². The maximum absolute atomic E-state index is 6.25. The number of nitrogens with zero attached hydrogens (tertiary/aromatic N) is 3. The summed E-state index contributed by atoms with van der Waals surface area (Å²) < 4.78 is 0. The molecule has 1 aliphatic heterocycles. The van der Waals surface area contributed by atoms with Gasteiger partial charge in [0, 0.05) is 51.9 Å². The second-order valence-electron chi connectivity index (χ2n) is 6.92. The average molecular weight is 256 g/mol. The van der Waals surface area contributed by atoms with Crippen LogP contribution in [0, 0.1) is 5.41 Å². The molecule has 4 heteroatoms. The van der Waals surface area contributed by atoms with E-state index in [4.69, 9.17) is 5.73 Å². The van der Waals surface area contributed by atoms with E-state index in [1.807, 2.05) is 0 Å². The van der Waals surface area contributed by atoms with Crippen molar-refractivity contribution >= 4 is 0 Å². The monoisotopic (exact) mass is 256 g/mol. The third kappa shape index (κ3) is 5.65. The molecule has 4 nitrogen and oxygen atoms in total. The summed E-state index contributed by atoms with van der Waals surface area (Å²) in [6, 6.07) is 0.269. The molecular weight excluding hydrogens is 224 g/mol. The Labute approximate surface area is 113 Å². The van der Waals surface area contributed by atoms with Crippen LogP contribution in [0.25, 0.3) is 0 Å². The van der Waals surface area contributed by atoms with Crippen molar-refractivity contribution in [2.45, 2.75) is 26.8 Å². The predicted molar refractivity (Wildman–Crippen MR) is 78.9 cm³/mol. The lowest BCUT2D eigenvalue weighted by atomic mass is 9.87. The molecule has 0 amide bonds. The minimum absolute atomic E-state index is 0.210. The van der Waals surface area contributed by atoms with Gasteiger partial charge in [-0.2, -0.15) is 0 Å². The molecule has 1 atom stereocenters. The first-order valence-corrected chi connectivity index (χ1v) is 7.14. The van der Waals surface area contributed by atoms with Gasteiger partial charge in [0.2, 0.25) is 0 Å². The van der Waals surface area contributed by atoms with Crippen molar-refractivity contribution in [2.75, 3.05) is 59.9 Å². The summed E-state index contributed by atoms with van der Waals surface area (Å²) in [7, 11) is 4.28. The first-order valence-electron chi connectivity index (χ1n) is 7.14. The van der Waals surface area contributed by atoms with Gasteiger partial charge in [-0.3, -0.25) is 9.80 Å². The van der Waals surface area contributed by atoms with Gasteiger partial charge in [0.1, 0.15) is 0 Å². The summed E-state index contributed by atoms with van der Waals surface area (Å²) >= 11 is 0. The van der Waals surface area contributed by atoms with E-state index in [1.165, 1.54) is 19.6 Å². The fourth-order valence-electron chi connectivity index (χ4n) is 2.09. The van der Waals surface area contributed by atoms with Crippen molar-refractivity contribution in [1.82, 2.24) is 14.7 Å². The van der Waals surface area contributed by atoms with E-state index in [0.717, 1.165) is 26.2 Å². The maximum Gasteiger partial charge on any atom is 0.0217 e. The zero-order valence-electron chi connectivity index (χ0n) is 12.9. The van der Waals surface area contributed by atoms with E-state index < -0.39 is 0 Å². The fraction of sp³-hybridized carbons (Fsp3) is 1.00. The first-order chi connectivity index (χ1) is 8.29. The Balaban J connectivity index is 2.23. The molecule has 0 aliphatic carbocycles. The van der Waals surface area contributed by atoms with Crippen LogP contribution in [0.15, 0.2) is 0 Å². The van der Waals surface area contributed by atoms with Crippen molar-refractivity contribution in [3.8, 4) is 0 Å². The van der Waals surface area contributed by atoms with E-state index in [0.29, 0.717) is 0 Å². The zero-order chi connectivity index (χ0) is 13.8. The van der Waals surface area contributed by atoms with Gasteiger partial charge in [-0.15, -0.1) is 0 Å². The van der Waals surface area contributed by atoms with Crippen molar-refractivity contribution < 1.29 is 0 Å². The van der Waals surface area contributed by atoms with Crippen LogP contribution in [-0.2, 0) is 0 Å². The molecule has 108 valence electrons. The SMILES string of the molecule is CN(C)CCN1CCN(C[C@H](N)C(C)(C)C)CC1. The molecule has 0 spiro atoms. The molecule has 0 aromatic carbocycles. The average Bonchev–Trinajstić information content (AvgIpc) is 2.26. The van der Waals surface area contributed by atoms with E-state index in [1.54, 1.807) is 0 Å². The summed E-state index contributed by atoms with van der Waals surface area (Å²) in [5.74, 6) is 0. The summed E-state index contributed by atoms with van der Waals surface area (Å²) in [5, 5.41) is 0. The summed E-state index contributed by atoms with van der Waals surface area (Å²) in [4.78, 5) is 7.32. The van der Waals surface area contributed by atoms with Crippen LogP contribution in [0.2, 0.25) is 0 Å². The highest BCUT2D eigenvalue weighted by Gasteiger charge is 2.25. The van der Waals surface area contributed by atoms with Gasteiger partial charge in [0.05, 0.1) is 0 Å². The van der Waals surface area contributed by atoms with Crippen molar-refractivity contribution in [3.05, 3.63) is 0 Å². The van der Waals surface area contributed by atoms with Gasteiger partial charge in [-0.05, 0) is 19.5 Å². The van der Waals surface area contributed by atoms with Crippen LogP contribution in [0.1, 0.15) is 20.8 Å². The molecule has 1 fully saturated rings. The Kier molecular flexibility index (Phi) is 6.05. The first kappa shape index (κ1) is 15.9. The Hall–Kier alpha value is -0.160. The third-order valence-corrected chi connectivity index (χ3v) is 3.90. The van der Waals surface area contributed by atoms with Crippen LogP contribution in [0.3, 0.4) is 0 Å².